The Bertz CT molecular complexity index is 846. The zero-order valence-corrected chi connectivity index (χ0v) is 17.9. The molecule has 0 aliphatic carbocycles. The molecule has 0 N–H and O–H groups in total. The number of ether oxygens (including phenoxy) is 1. The van der Waals surface area contributed by atoms with Crippen LogP contribution < -0.4 is 0 Å². The predicted octanol–water partition coefficient (Wildman–Crippen LogP) is 2.07. The van der Waals surface area contributed by atoms with Gasteiger partial charge in [0, 0.05) is 26.2 Å². The van der Waals surface area contributed by atoms with Crippen LogP contribution in [0.3, 0.4) is 0 Å². The topological polar surface area (TPSA) is 96.5 Å². The highest BCUT2D eigenvalue weighted by atomic mass is 16.7. The minimum atomic E-state index is -1.10. The summed E-state index contributed by atoms with van der Waals surface area (Å²) in [5.41, 5.74) is -1.27. The Morgan fingerprint density at radius 3 is 1.83 bits per heavy atom. The summed E-state index contributed by atoms with van der Waals surface area (Å²) in [7, 11) is 0. The number of hydroxylamine groups is 2. The summed E-state index contributed by atoms with van der Waals surface area (Å²) in [4.78, 5) is 58.6. The van der Waals surface area contributed by atoms with E-state index >= 15 is 0 Å². The number of carbonyl (C=O) groups excluding carboxylic acids is 4. The monoisotopic (exact) mass is 417 g/mol. The lowest BCUT2D eigenvalue weighted by Gasteiger charge is -2.42. The van der Waals surface area contributed by atoms with E-state index in [0.29, 0.717) is 31.2 Å². The van der Waals surface area contributed by atoms with Gasteiger partial charge >= 0.3 is 12.1 Å². The van der Waals surface area contributed by atoms with Crippen molar-refractivity contribution in [3.63, 3.8) is 0 Å². The van der Waals surface area contributed by atoms with Crippen LogP contribution in [-0.2, 0) is 14.4 Å². The highest BCUT2D eigenvalue weighted by Gasteiger charge is 2.44. The van der Waals surface area contributed by atoms with Crippen LogP contribution in [-0.4, -0.2) is 76.1 Å². The van der Waals surface area contributed by atoms with Crippen LogP contribution in [0.4, 0.5) is 4.79 Å². The molecule has 1 fully saturated rings. The van der Waals surface area contributed by atoms with Crippen LogP contribution in [0.1, 0.15) is 55.3 Å². The Labute approximate surface area is 175 Å². The van der Waals surface area contributed by atoms with Gasteiger partial charge in [-0.15, -0.1) is 0 Å². The van der Waals surface area contributed by atoms with E-state index in [9.17, 15) is 19.2 Å². The molecule has 3 amide bonds. The highest BCUT2D eigenvalue weighted by molar-refractivity contribution is 6.21. The number of hydrogen-bond acceptors (Lipinski definition) is 7. The fourth-order valence-electron chi connectivity index (χ4n) is 3.35. The molecule has 2 aliphatic heterocycles. The molecule has 9 heteroatoms. The normalized spacial score (nSPS) is 17.8. The maximum Gasteiger partial charge on any atom is 0.410 e. The zero-order chi connectivity index (χ0) is 22.3. The molecule has 0 unspecified atom stereocenters. The molecule has 3 rings (SSSR count). The summed E-state index contributed by atoms with van der Waals surface area (Å²) < 4.78 is 5.38. The van der Waals surface area contributed by atoms with E-state index < -0.39 is 35.0 Å². The quantitative estimate of drug-likeness (QED) is 0.695. The summed E-state index contributed by atoms with van der Waals surface area (Å²) in [6.07, 6.45) is -0.395. The third-order valence-corrected chi connectivity index (χ3v) is 5.15. The van der Waals surface area contributed by atoms with Gasteiger partial charge < -0.3 is 14.5 Å². The number of hydrogen-bond donors (Lipinski definition) is 0. The number of carbonyl (C=O) groups is 4. The Morgan fingerprint density at radius 2 is 1.37 bits per heavy atom. The van der Waals surface area contributed by atoms with Crippen LogP contribution in [0.15, 0.2) is 24.3 Å². The molecule has 0 atom stereocenters. The molecule has 0 radical (unpaired) electrons. The number of imide groups is 1. The van der Waals surface area contributed by atoms with Crippen molar-refractivity contribution in [3.8, 4) is 0 Å². The number of piperazine rings is 1. The maximum absolute atomic E-state index is 12.9. The van der Waals surface area contributed by atoms with Crippen molar-refractivity contribution in [1.82, 2.24) is 14.9 Å². The van der Waals surface area contributed by atoms with E-state index in [4.69, 9.17) is 9.57 Å². The molecular formula is C21H27N3O6. The lowest BCUT2D eigenvalue weighted by atomic mass is 10.0. The predicted molar refractivity (Wildman–Crippen MR) is 106 cm³/mol. The lowest BCUT2D eigenvalue weighted by Crippen LogP contribution is -2.60. The van der Waals surface area contributed by atoms with E-state index in [1.807, 2.05) is 4.90 Å². The molecule has 30 heavy (non-hydrogen) atoms. The number of amides is 3. The zero-order valence-electron chi connectivity index (χ0n) is 17.9. The molecule has 0 spiro atoms. The number of benzene rings is 1. The number of fused-ring (bicyclic) bond motifs is 1. The van der Waals surface area contributed by atoms with Crippen molar-refractivity contribution in [2.24, 2.45) is 0 Å². The molecular weight excluding hydrogens is 390 g/mol. The first-order valence-electron chi connectivity index (χ1n) is 9.85. The molecule has 0 aromatic heterocycles. The van der Waals surface area contributed by atoms with E-state index in [1.165, 1.54) is 12.1 Å². The summed E-state index contributed by atoms with van der Waals surface area (Å²) in [5.74, 6) is -2.04. The van der Waals surface area contributed by atoms with Gasteiger partial charge in [-0.25, -0.2) is 9.59 Å². The van der Waals surface area contributed by atoms with E-state index in [1.54, 1.807) is 51.7 Å². The molecule has 162 valence electrons. The second kappa shape index (κ2) is 7.71. The smallest absolute Gasteiger partial charge is 0.410 e. The Hall–Kier alpha value is -2.94. The van der Waals surface area contributed by atoms with Crippen LogP contribution in [0.2, 0.25) is 0 Å². The molecule has 9 nitrogen and oxygen atoms in total. The number of nitrogens with zero attached hydrogens (tertiary/aromatic N) is 3. The standard InChI is InChI=1S/C21H27N3O6/c1-20(2,3)29-19(28)22-10-12-23(13-11-22)21(4,5)18(27)30-24-16(25)14-8-6-7-9-15(14)17(24)26/h6-9H,10-13H2,1-5H3. The summed E-state index contributed by atoms with van der Waals surface area (Å²) in [6, 6.07) is 6.32. The van der Waals surface area contributed by atoms with Crippen LogP contribution in [0.25, 0.3) is 0 Å². The first kappa shape index (κ1) is 21.8. The van der Waals surface area contributed by atoms with Crippen LogP contribution >= 0.6 is 0 Å². The van der Waals surface area contributed by atoms with Gasteiger partial charge in [0.05, 0.1) is 11.1 Å². The number of rotatable bonds is 3. The Morgan fingerprint density at radius 1 is 0.867 bits per heavy atom. The van der Waals surface area contributed by atoms with Crippen LogP contribution in [0.5, 0.6) is 0 Å². The second-order valence-electron chi connectivity index (χ2n) is 8.84. The van der Waals surface area contributed by atoms with Gasteiger partial charge in [-0.3, -0.25) is 14.5 Å². The van der Waals surface area contributed by atoms with Gasteiger partial charge in [0.15, 0.2) is 0 Å². The molecule has 0 bridgehead atoms. The maximum atomic E-state index is 12.9. The van der Waals surface area contributed by atoms with Gasteiger partial charge in [-0.2, -0.15) is 0 Å². The van der Waals surface area contributed by atoms with Crippen molar-refractivity contribution < 1.29 is 28.8 Å². The second-order valence-corrected chi connectivity index (χ2v) is 8.84. The first-order chi connectivity index (χ1) is 13.9. The summed E-state index contributed by atoms with van der Waals surface area (Å²) in [5, 5.41) is 0.520. The van der Waals surface area contributed by atoms with Gasteiger partial charge in [0.2, 0.25) is 0 Å². The Balaban J connectivity index is 1.61. The van der Waals surface area contributed by atoms with Gasteiger partial charge in [-0.1, -0.05) is 17.2 Å². The van der Waals surface area contributed by atoms with Gasteiger partial charge in [-0.05, 0) is 46.8 Å². The third-order valence-electron chi connectivity index (χ3n) is 5.15. The Kier molecular flexibility index (Phi) is 5.60. The molecule has 2 heterocycles. The summed E-state index contributed by atoms with van der Waals surface area (Å²) in [6.45, 7) is 10.4. The summed E-state index contributed by atoms with van der Waals surface area (Å²) >= 11 is 0. The molecule has 1 saturated heterocycles. The minimum absolute atomic E-state index is 0.207. The lowest BCUT2D eigenvalue weighted by molar-refractivity contribution is -0.182. The van der Waals surface area contributed by atoms with Crippen molar-refractivity contribution in [3.05, 3.63) is 35.4 Å². The first-order valence-corrected chi connectivity index (χ1v) is 9.85. The highest BCUT2D eigenvalue weighted by Crippen LogP contribution is 2.26. The molecule has 0 saturated carbocycles. The SMILES string of the molecule is CC(C)(C)OC(=O)N1CCN(C(C)(C)C(=O)ON2C(=O)c3ccccc3C2=O)CC1. The van der Waals surface area contributed by atoms with E-state index in [-0.39, 0.29) is 11.1 Å². The third kappa shape index (κ3) is 4.16. The molecule has 1 aromatic rings. The van der Waals surface area contributed by atoms with Gasteiger partial charge in [0.1, 0.15) is 11.1 Å². The molecule has 1 aromatic carbocycles. The average molecular weight is 417 g/mol. The average Bonchev–Trinajstić information content (AvgIpc) is 2.92. The van der Waals surface area contributed by atoms with E-state index in [0.717, 1.165) is 0 Å². The van der Waals surface area contributed by atoms with Gasteiger partial charge in [0.25, 0.3) is 11.8 Å². The van der Waals surface area contributed by atoms with Crippen molar-refractivity contribution in [1.29, 1.82) is 0 Å². The fourth-order valence-corrected chi connectivity index (χ4v) is 3.35. The van der Waals surface area contributed by atoms with Crippen molar-refractivity contribution in [2.45, 2.75) is 45.8 Å². The van der Waals surface area contributed by atoms with E-state index in [2.05, 4.69) is 0 Å². The van der Waals surface area contributed by atoms with Crippen molar-refractivity contribution >= 4 is 23.9 Å². The molecule has 2 aliphatic rings. The fraction of sp³-hybridized carbons (Fsp3) is 0.524. The van der Waals surface area contributed by atoms with Crippen LogP contribution in [0, 0.1) is 0 Å². The largest absolute Gasteiger partial charge is 0.444 e. The minimum Gasteiger partial charge on any atom is -0.444 e. The van der Waals surface area contributed by atoms with Crippen molar-refractivity contribution in [2.75, 3.05) is 26.2 Å².